The fourth-order valence-electron chi connectivity index (χ4n) is 0.370. The van der Waals surface area contributed by atoms with Crippen LogP contribution in [0.5, 0.6) is 0 Å². The Morgan fingerprint density at radius 3 is 3.50 bits per heavy atom. The van der Waals surface area contributed by atoms with Crippen molar-refractivity contribution >= 4 is 0 Å². The van der Waals surface area contributed by atoms with Crippen molar-refractivity contribution in [1.29, 1.82) is 1.43 Å². The van der Waals surface area contributed by atoms with E-state index in [4.69, 9.17) is 6.17 Å². The lowest BCUT2D eigenvalue weighted by atomic mass is 10.4. The van der Waals surface area contributed by atoms with Crippen molar-refractivity contribution in [2.24, 2.45) is 0 Å². The summed E-state index contributed by atoms with van der Waals surface area (Å²) in [6.07, 6.45) is 2.20. The largest absolute Gasteiger partial charge is 0.509 e. The highest BCUT2D eigenvalue weighted by atomic mass is 16.5. The van der Waals surface area contributed by atoms with E-state index in [2.05, 4.69) is 5.11 Å². The summed E-state index contributed by atoms with van der Waals surface area (Å²) in [7, 11) is 0. The maximum absolute atomic E-state index is 6.35. The van der Waals surface area contributed by atoms with Crippen LogP contribution in [0.3, 0.4) is 0 Å². The Hall–Kier alpha value is -0.660. The van der Waals surface area contributed by atoms with Crippen LogP contribution in [-0.4, -0.2) is 11.7 Å². The molecule has 0 aromatic heterocycles. The first-order valence-corrected chi connectivity index (χ1v) is 1.87. The number of hydrogen-bond acceptors (Lipinski definition) is 2. The summed E-state index contributed by atoms with van der Waals surface area (Å²) < 4.78 is 11.1. The molecule has 0 unspecified atom stereocenters. The molecule has 0 aliphatic carbocycles. The second kappa shape index (κ2) is 1.20. The molecule has 0 amide bonds. The quantitative estimate of drug-likeness (QED) is 0.512. The van der Waals surface area contributed by atoms with E-state index in [1.165, 1.54) is 6.26 Å². The van der Waals surface area contributed by atoms with Gasteiger partial charge in [-0.1, -0.05) is 0 Å². The van der Waals surface area contributed by atoms with E-state index in [9.17, 15) is 0 Å². The molecular formula is C4H6O2. The Morgan fingerprint density at radius 2 is 3.17 bits per heavy atom. The van der Waals surface area contributed by atoms with E-state index in [0.29, 0.717) is 12.4 Å². The highest BCUT2D eigenvalue weighted by molar-refractivity contribution is 4.88. The predicted octanol–water partition coefficient (Wildman–Crippen LogP) is 0.806. The second-order valence-corrected chi connectivity index (χ2v) is 1.20. The first kappa shape index (κ1) is 2.50. The highest BCUT2D eigenvalue weighted by Crippen LogP contribution is 2.03. The van der Waals surface area contributed by atoms with Crippen LogP contribution in [0.4, 0.5) is 0 Å². The summed E-state index contributed by atoms with van der Waals surface area (Å²) in [6.45, 7) is 0.661. The Balaban J connectivity index is 2.36. The van der Waals surface area contributed by atoms with Gasteiger partial charge in [0.15, 0.2) is 0 Å². The van der Waals surface area contributed by atoms with Crippen LogP contribution in [0.25, 0.3) is 1.43 Å². The molecule has 0 saturated heterocycles. The topological polar surface area (TPSA) is 29.5 Å². The summed E-state index contributed by atoms with van der Waals surface area (Å²) in [4.78, 5) is 0. The molecule has 2 nitrogen and oxygen atoms in total. The molecule has 0 bridgehead atoms. The number of ether oxygens (including phenoxy) is 1. The Morgan fingerprint density at radius 1 is 2.17 bits per heavy atom. The van der Waals surface area contributed by atoms with Gasteiger partial charge in [0.05, 0.1) is 6.61 Å². The predicted molar refractivity (Wildman–Crippen MR) is 21.3 cm³/mol. The molecule has 34 valence electrons. The van der Waals surface area contributed by atoms with E-state index in [-0.39, 0.29) is 0 Å². The number of hydrogen-bond donors (Lipinski definition) is 1. The molecule has 0 spiro atoms. The Bertz CT molecular complexity index is 89.7. The fraction of sp³-hybridized carbons (Fsp3) is 0.500. The third kappa shape index (κ3) is 0.455. The van der Waals surface area contributed by atoms with Crippen LogP contribution >= 0.6 is 0 Å². The zero-order valence-electron chi connectivity index (χ0n) is 4.31. The average Bonchev–Trinajstić information content (AvgIpc) is 2.14. The van der Waals surface area contributed by atoms with Crippen LogP contribution in [0.15, 0.2) is 12.0 Å². The van der Waals surface area contributed by atoms with Gasteiger partial charge in [-0.3, -0.25) is 0 Å². The van der Waals surface area contributed by atoms with Crippen LogP contribution in [0.1, 0.15) is 6.42 Å². The van der Waals surface area contributed by atoms with Gasteiger partial charge < -0.3 is 9.85 Å². The van der Waals surface area contributed by atoms with Gasteiger partial charge in [0.25, 0.3) is 1.43 Å². The number of aliphatic hydroxyl groups is 1. The highest BCUT2D eigenvalue weighted by Gasteiger charge is 1.98. The van der Waals surface area contributed by atoms with Gasteiger partial charge in [-0.25, -0.2) is 0 Å². The normalized spacial score (nSPS) is 21.3. The van der Waals surface area contributed by atoms with Gasteiger partial charge in [-0.05, 0) is 0 Å². The molecule has 1 aliphatic rings. The van der Waals surface area contributed by atoms with Crippen molar-refractivity contribution in [3.8, 4) is 0 Å². The molecule has 1 N–H and O–H groups in total. The van der Waals surface area contributed by atoms with E-state index in [1.54, 1.807) is 0 Å². The summed E-state index contributed by atoms with van der Waals surface area (Å²) >= 11 is 0. The first-order chi connectivity index (χ1) is 3.43. The van der Waals surface area contributed by atoms with E-state index >= 15 is 0 Å². The molecule has 0 aromatic carbocycles. The second-order valence-electron chi connectivity index (χ2n) is 1.20. The van der Waals surface area contributed by atoms with Crippen LogP contribution in [0.2, 0.25) is 0 Å². The Kier molecular flexibility index (Phi) is 0.502. The van der Waals surface area contributed by atoms with E-state index in [0.717, 1.165) is 6.42 Å². The molecule has 2 heteroatoms. The van der Waals surface area contributed by atoms with Gasteiger partial charge in [-0.15, -0.1) is 0 Å². The summed E-state index contributed by atoms with van der Waals surface area (Å²) in [5, 5.41) is 4.10. The van der Waals surface area contributed by atoms with Crippen molar-refractivity contribution in [3.63, 3.8) is 0 Å². The number of aliphatic hydroxyl groups excluding tert-OH is 1. The molecule has 0 radical (unpaired) electrons. The molecule has 0 saturated carbocycles. The lowest BCUT2D eigenvalue weighted by molar-refractivity contribution is 0.281. The minimum absolute atomic E-state index is 0.611. The minimum atomic E-state index is 0.611. The molecule has 0 fully saturated rings. The molecule has 0 aromatic rings. The van der Waals surface area contributed by atoms with Gasteiger partial charge in [0.1, 0.15) is 12.0 Å². The smallest absolute Gasteiger partial charge is 0.293 e. The van der Waals surface area contributed by atoms with Gasteiger partial charge in [0, 0.05) is 6.42 Å². The van der Waals surface area contributed by atoms with Crippen LogP contribution < -0.4 is 0 Å². The maximum atomic E-state index is 6.35. The van der Waals surface area contributed by atoms with Crippen molar-refractivity contribution < 1.29 is 9.85 Å². The van der Waals surface area contributed by atoms with Crippen LogP contribution in [0, 0.1) is 0 Å². The van der Waals surface area contributed by atoms with E-state index in [1.807, 2.05) is 0 Å². The third-order valence-electron chi connectivity index (χ3n) is 0.681. The summed E-state index contributed by atoms with van der Waals surface area (Å²) in [5.74, 6) is 0.611. The molecule has 6 heavy (non-hydrogen) atoms. The molecule has 1 aliphatic heterocycles. The molecule has 1 rings (SSSR count). The fourth-order valence-corrected chi connectivity index (χ4v) is 0.370. The maximum Gasteiger partial charge on any atom is 0.293 e. The standard InChI is InChI=1S/C4H6O2/c5-4-1-2-6-3-4/h3,5H,1-2H2/i/hD. The third-order valence-corrected chi connectivity index (χ3v) is 0.681. The monoisotopic (exact) mass is 87.0 g/mol. The minimum Gasteiger partial charge on any atom is -0.509 e. The molecule has 0 atom stereocenters. The van der Waals surface area contributed by atoms with Gasteiger partial charge >= 0.3 is 0 Å². The Labute approximate surface area is 37.5 Å². The summed E-state index contributed by atoms with van der Waals surface area (Å²) in [6, 6.07) is 0. The lowest BCUT2D eigenvalue weighted by Gasteiger charge is -1.79. The van der Waals surface area contributed by atoms with Crippen LogP contribution in [-0.2, 0) is 4.74 Å². The molecular weight excluding hydrogens is 80.0 g/mol. The van der Waals surface area contributed by atoms with Gasteiger partial charge in [-0.2, -0.15) is 0 Å². The van der Waals surface area contributed by atoms with Crippen molar-refractivity contribution in [2.45, 2.75) is 6.42 Å². The van der Waals surface area contributed by atoms with Gasteiger partial charge in [0.2, 0.25) is 0 Å². The zero-order valence-corrected chi connectivity index (χ0v) is 3.31. The summed E-state index contributed by atoms with van der Waals surface area (Å²) in [5.41, 5.74) is 0. The van der Waals surface area contributed by atoms with Crippen molar-refractivity contribution in [2.75, 3.05) is 6.61 Å². The number of rotatable bonds is 1. The zero-order chi connectivity index (χ0) is 5.11. The lowest BCUT2D eigenvalue weighted by Crippen LogP contribution is -1.74. The van der Waals surface area contributed by atoms with E-state index < -0.39 is 0 Å². The SMILES string of the molecule is [2H]OC1=COCC1. The first-order valence-electron chi connectivity index (χ1n) is 2.28. The average molecular weight is 87.1 g/mol. The molecule has 1 heterocycles. The van der Waals surface area contributed by atoms with Crippen molar-refractivity contribution in [1.82, 2.24) is 0 Å². The van der Waals surface area contributed by atoms with Crippen molar-refractivity contribution in [3.05, 3.63) is 12.0 Å².